The number of aromatic amines is 1. The molecule has 0 amide bonds. The predicted molar refractivity (Wildman–Crippen MR) is 86.9 cm³/mol. The summed E-state index contributed by atoms with van der Waals surface area (Å²) in [4.78, 5) is 2.19. The molecule has 2 aromatic rings. The lowest BCUT2D eigenvalue weighted by Gasteiger charge is -2.27. The monoisotopic (exact) mass is 320 g/mol. The molecule has 6 nitrogen and oxygen atoms in total. The number of anilines is 2. The first-order chi connectivity index (χ1) is 10.4. The first kappa shape index (κ1) is 14.9. The van der Waals surface area contributed by atoms with Gasteiger partial charge >= 0.3 is 0 Å². The second kappa shape index (κ2) is 5.31. The van der Waals surface area contributed by atoms with Gasteiger partial charge in [-0.2, -0.15) is 5.10 Å². The van der Waals surface area contributed by atoms with Crippen LogP contribution in [0.4, 0.5) is 11.5 Å². The number of hydrogen-bond acceptors (Lipinski definition) is 4. The zero-order valence-electron chi connectivity index (χ0n) is 13.0. The van der Waals surface area contributed by atoms with E-state index in [1.807, 2.05) is 32.0 Å². The smallest absolute Gasteiger partial charge is 0.265 e. The maximum Gasteiger partial charge on any atom is 0.265 e. The van der Waals surface area contributed by atoms with Crippen LogP contribution in [0.25, 0.3) is 0 Å². The highest BCUT2D eigenvalue weighted by Crippen LogP contribution is 2.32. The molecular formula is C15H20N4O2S. The lowest BCUT2D eigenvalue weighted by molar-refractivity contribution is 0.586. The number of rotatable bonds is 3. The summed E-state index contributed by atoms with van der Waals surface area (Å²) in [5.74, 6) is 0.541. The van der Waals surface area contributed by atoms with E-state index in [9.17, 15) is 8.42 Å². The molecule has 2 heterocycles. The summed E-state index contributed by atoms with van der Waals surface area (Å²) >= 11 is 0. The second-order valence-electron chi connectivity index (χ2n) is 5.72. The van der Waals surface area contributed by atoms with E-state index in [2.05, 4.69) is 10.2 Å². The minimum atomic E-state index is -3.59. The molecule has 1 aliphatic rings. The van der Waals surface area contributed by atoms with Gasteiger partial charge in [0, 0.05) is 37.6 Å². The zero-order chi connectivity index (χ0) is 15.9. The molecule has 0 aliphatic carbocycles. The van der Waals surface area contributed by atoms with Crippen LogP contribution in [0.1, 0.15) is 17.7 Å². The summed E-state index contributed by atoms with van der Waals surface area (Å²) in [5.41, 5.74) is 2.80. The lowest BCUT2D eigenvalue weighted by atomic mass is 10.1. The van der Waals surface area contributed by atoms with E-state index in [1.165, 1.54) is 4.31 Å². The summed E-state index contributed by atoms with van der Waals surface area (Å²) in [6, 6.07) is 6.99. The number of aromatic nitrogens is 2. The van der Waals surface area contributed by atoms with Crippen molar-refractivity contribution in [2.24, 2.45) is 0 Å². The van der Waals surface area contributed by atoms with E-state index in [0.29, 0.717) is 17.3 Å². The third-order valence-electron chi connectivity index (χ3n) is 4.00. The Labute approximate surface area is 130 Å². The van der Waals surface area contributed by atoms with E-state index in [4.69, 9.17) is 0 Å². The van der Waals surface area contributed by atoms with Gasteiger partial charge in [-0.25, -0.2) is 12.7 Å². The molecule has 1 N–H and O–H groups in total. The van der Waals surface area contributed by atoms with Gasteiger partial charge in [0.2, 0.25) is 0 Å². The van der Waals surface area contributed by atoms with Crippen molar-refractivity contribution in [3.8, 4) is 0 Å². The van der Waals surface area contributed by atoms with Crippen molar-refractivity contribution in [3.05, 3.63) is 35.5 Å². The van der Waals surface area contributed by atoms with Gasteiger partial charge in [0.05, 0.1) is 4.90 Å². The van der Waals surface area contributed by atoms with Gasteiger partial charge < -0.3 is 4.90 Å². The molecule has 0 saturated carbocycles. The Kier molecular flexibility index (Phi) is 3.60. The van der Waals surface area contributed by atoms with Crippen molar-refractivity contribution in [2.75, 3.05) is 29.8 Å². The maximum absolute atomic E-state index is 13.0. The number of hydrogen-bond donors (Lipinski definition) is 1. The van der Waals surface area contributed by atoms with E-state index in [-0.39, 0.29) is 0 Å². The molecule has 0 spiro atoms. The Morgan fingerprint density at radius 3 is 2.82 bits per heavy atom. The normalized spacial score (nSPS) is 14.8. The van der Waals surface area contributed by atoms with Crippen LogP contribution in [0, 0.1) is 6.92 Å². The zero-order valence-corrected chi connectivity index (χ0v) is 13.8. The molecule has 0 bridgehead atoms. The summed E-state index contributed by atoms with van der Waals surface area (Å²) in [6.07, 6.45) is 1.67. The van der Waals surface area contributed by atoms with Crippen LogP contribution in [0.2, 0.25) is 0 Å². The minimum absolute atomic E-state index is 0.298. The lowest BCUT2D eigenvalue weighted by Crippen LogP contribution is -2.35. The Hall–Kier alpha value is -2.02. The maximum atomic E-state index is 13.0. The number of nitrogens with one attached hydrogen (secondary N) is 1. The molecule has 0 atom stereocenters. The van der Waals surface area contributed by atoms with Crippen molar-refractivity contribution in [2.45, 2.75) is 24.7 Å². The van der Waals surface area contributed by atoms with Gasteiger partial charge in [-0.05, 0) is 38.0 Å². The van der Waals surface area contributed by atoms with Gasteiger partial charge in [0.1, 0.15) is 0 Å². The highest BCUT2D eigenvalue weighted by molar-refractivity contribution is 7.92. The van der Waals surface area contributed by atoms with Crippen LogP contribution >= 0.6 is 0 Å². The molecule has 118 valence electrons. The minimum Gasteiger partial charge on any atom is -0.378 e. The van der Waals surface area contributed by atoms with E-state index < -0.39 is 10.0 Å². The Balaban J connectivity index is 2.06. The number of sulfonamides is 1. The van der Waals surface area contributed by atoms with Crippen molar-refractivity contribution in [3.63, 3.8) is 0 Å². The van der Waals surface area contributed by atoms with Crippen molar-refractivity contribution >= 4 is 21.5 Å². The number of fused-ring (bicyclic) bond motifs is 1. The average molecular weight is 320 g/mol. The summed E-state index contributed by atoms with van der Waals surface area (Å²) in [7, 11) is 0.187. The van der Waals surface area contributed by atoms with E-state index in [0.717, 1.165) is 29.8 Å². The Morgan fingerprint density at radius 1 is 1.32 bits per heavy atom. The van der Waals surface area contributed by atoms with Crippen LogP contribution < -0.4 is 9.21 Å². The van der Waals surface area contributed by atoms with E-state index in [1.54, 1.807) is 18.2 Å². The third kappa shape index (κ3) is 2.35. The van der Waals surface area contributed by atoms with Crippen LogP contribution in [-0.4, -0.2) is 39.3 Å². The summed E-state index contributed by atoms with van der Waals surface area (Å²) < 4.78 is 27.4. The average Bonchev–Trinajstić information content (AvgIpc) is 2.89. The van der Waals surface area contributed by atoms with Crippen LogP contribution in [0.3, 0.4) is 0 Å². The van der Waals surface area contributed by atoms with Gasteiger partial charge in [0.15, 0.2) is 5.82 Å². The molecule has 0 unspecified atom stereocenters. The standard InChI is InChI=1S/C15H20N4O2S/c1-11-14-8-5-9-19(15(14)17-16-11)22(20,21)13-7-4-6-12(10-13)18(2)3/h4,6-7,10H,5,8-9H2,1-3H3,(H,16,17). The molecule has 22 heavy (non-hydrogen) atoms. The van der Waals surface area contributed by atoms with Gasteiger partial charge in [-0.1, -0.05) is 6.07 Å². The van der Waals surface area contributed by atoms with Crippen molar-refractivity contribution < 1.29 is 8.42 Å². The fourth-order valence-electron chi connectivity index (χ4n) is 2.73. The van der Waals surface area contributed by atoms with Gasteiger partial charge in [-0.15, -0.1) is 0 Å². The number of H-pyrrole nitrogens is 1. The molecule has 1 aromatic heterocycles. The molecule has 1 aliphatic heterocycles. The van der Waals surface area contributed by atoms with Gasteiger partial charge in [0.25, 0.3) is 10.0 Å². The molecule has 1 aromatic carbocycles. The predicted octanol–water partition coefficient (Wildman–Crippen LogP) is 1.93. The SMILES string of the molecule is Cc1[nH]nc2c1CCCN2S(=O)(=O)c1cccc(N(C)C)c1. The Morgan fingerprint density at radius 2 is 2.09 bits per heavy atom. The molecule has 0 radical (unpaired) electrons. The molecule has 0 saturated heterocycles. The third-order valence-corrected chi connectivity index (χ3v) is 5.78. The summed E-state index contributed by atoms with van der Waals surface area (Å²) in [6.45, 7) is 2.39. The van der Waals surface area contributed by atoms with Crippen LogP contribution in [0.15, 0.2) is 29.2 Å². The van der Waals surface area contributed by atoms with Crippen LogP contribution in [0.5, 0.6) is 0 Å². The van der Waals surface area contributed by atoms with Crippen molar-refractivity contribution in [1.29, 1.82) is 0 Å². The number of nitrogens with zero attached hydrogens (tertiary/aromatic N) is 3. The van der Waals surface area contributed by atoms with Gasteiger partial charge in [-0.3, -0.25) is 5.10 Å². The molecule has 0 fully saturated rings. The van der Waals surface area contributed by atoms with Crippen LogP contribution in [-0.2, 0) is 16.4 Å². The van der Waals surface area contributed by atoms with Crippen molar-refractivity contribution in [1.82, 2.24) is 10.2 Å². The number of aryl methyl sites for hydroxylation is 1. The molecular weight excluding hydrogens is 300 g/mol. The largest absolute Gasteiger partial charge is 0.378 e. The fraction of sp³-hybridized carbons (Fsp3) is 0.400. The quantitative estimate of drug-likeness (QED) is 0.938. The Bertz CT molecular complexity index is 796. The first-order valence-corrected chi connectivity index (χ1v) is 8.69. The van der Waals surface area contributed by atoms with E-state index >= 15 is 0 Å². The second-order valence-corrected chi connectivity index (χ2v) is 7.59. The molecule has 7 heteroatoms. The highest BCUT2D eigenvalue weighted by Gasteiger charge is 2.32. The topological polar surface area (TPSA) is 69.3 Å². The number of benzene rings is 1. The highest BCUT2D eigenvalue weighted by atomic mass is 32.2. The fourth-order valence-corrected chi connectivity index (χ4v) is 4.26. The molecule has 3 rings (SSSR count). The summed E-state index contributed by atoms with van der Waals surface area (Å²) in [5, 5.41) is 7.10. The first-order valence-electron chi connectivity index (χ1n) is 7.25.